The summed E-state index contributed by atoms with van der Waals surface area (Å²) < 4.78 is 25.7. The number of rotatable bonds is 6. The first-order valence-electron chi connectivity index (χ1n) is 8.11. The van der Waals surface area contributed by atoms with Crippen molar-refractivity contribution in [2.24, 2.45) is 0 Å². The quantitative estimate of drug-likeness (QED) is 0.857. The van der Waals surface area contributed by atoms with Crippen molar-refractivity contribution in [2.45, 2.75) is 26.7 Å². The first-order chi connectivity index (χ1) is 11.7. The van der Waals surface area contributed by atoms with Crippen molar-refractivity contribution in [3.63, 3.8) is 0 Å². The largest absolute Gasteiger partial charge is 0.325 e. The smallest absolute Gasteiger partial charge is 0.245 e. The fourth-order valence-electron chi connectivity index (χ4n) is 2.64. The van der Waals surface area contributed by atoms with Crippen molar-refractivity contribution < 1.29 is 13.2 Å². The van der Waals surface area contributed by atoms with Gasteiger partial charge in [0, 0.05) is 5.69 Å². The Morgan fingerprint density at radius 2 is 1.80 bits per heavy atom. The molecule has 0 radical (unpaired) electrons. The normalized spacial score (nSPS) is 11.4. The number of carbonyl (C=O) groups is 1. The highest BCUT2D eigenvalue weighted by Crippen LogP contribution is 2.28. The molecule has 0 aromatic heterocycles. The van der Waals surface area contributed by atoms with Gasteiger partial charge in [0.25, 0.3) is 0 Å². The molecule has 0 heterocycles. The Morgan fingerprint density at radius 1 is 1.12 bits per heavy atom. The number of amides is 1. The second-order valence-electron chi connectivity index (χ2n) is 6.40. The topological polar surface area (TPSA) is 66.5 Å². The summed E-state index contributed by atoms with van der Waals surface area (Å²) in [4.78, 5) is 12.4. The summed E-state index contributed by atoms with van der Waals surface area (Å²) in [6.07, 6.45) is 1.12. The summed E-state index contributed by atoms with van der Waals surface area (Å²) in [5, 5.41) is 2.76. The molecular weight excluding hydrogens is 336 g/mol. The number of para-hydroxylation sites is 1. The van der Waals surface area contributed by atoms with E-state index in [0.29, 0.717) is 11.4 Å². The van der Waals surface area contributed by atoms with E-state index < -0.39 is 10.0 Å². The van der Waals surface area contributed by atoms with E-state index in [4.69, 9.17) is 0 Å². The van der Waals surface area contributed by atoms with Crippen LogP contribution in [0.2, 0.25) is 0 Å². The highest BCUT2D eigenvalue weighted by Gasteiger charge is 2.23. The fraction of sp³-hybridized carbons (Fsp3) is 0.316. The Bertz CT molecular complexity index is 860. The van der Waals surface area contributed by atoms with Gasteiger partial charge in [-0.1, -0.05) is 44.2 Å². The summed E-state index contributed by atoms with van der Waals surface area (Å²) >= 11 is 0. The average molecular weight is 360 g/mol. The first-order valence-corrected chi connectivity index (χ1v) is 9.96. The molecule has 0 aliphatic heterocycles. The molecule has 2 rings (SSSR count). The Morgan fingerprint density at radius 3 is 2.40 bits per heavy atom. The highest BCUT2D eigenvalue weighted by molar-refractivity contribution is 7.92. The van der Waals surface area contributed by atoms with Gasteiger partial charge in [-0.15, -0.1) is 0 Å². The molecule has 25 heavy (non-hydrogen) atoms. The van der Waals surface area contributed by atoms with Crippen LogP contribution in [0, 0.1) is 6.92 Å². The number of aryl methyl sites for hydroxylation is 1. The molecule has 0 saturated carbocycles. The summed E-state index contributed by atoms with van der Waals surface area (Å²) in [5.41, 5.74) is 3.09. The standard InChI is InChI=1S/C19H24N2O3S/c1-14(2)17-10-5-6-11-18(17)21(25(4,23)24)13-19(22)20-16-9-7-8-15(3)12-16/h5-12,14H,13H2,1-4H3,(H,20,22). The van der Waals surface area contributed by atoms with Crippen LogP contribution < -0.4 is 9.62 Å². The zero-order valence-corrected chi connectivity index (χ0v) is 15.8. The molecule has 0 unspecified atom stereocenters. The number of hydrogen-bond donors (Lipinski definition) is 1. The van der Waals surface area contributed by atoms with E-state index in [1.165, 1.54) is 0 Å². The number of nitrogens with zero attached hydrogens (tertiary/aromatic N) is 1. The van der Waals surface area contributed by atoms with Crippen LogP contribution in [-0.4, -0.2) is 27.1 Å². The van der Waals surface area contributed by atoms with Crippen molar-refractivity contribution in [1.82, 2.24) is 0 Å². The summed E-state index contributed by atoms with van der Waals surface area (Å²) in [6, 6.07) is 14.6. The number of carbonyl (C=O) groups excluding carboxylic acids is 1. The lowest BCUT2D eigenvalue weighted by Crippen LogP contribution is -2.38. The molecule has 2 aromatic carbocycles. The molecule has 1 amide bonds. The third-order valence-corrected chi connectivity index (χ3v) is 4.94. The third kappa shape index (κ3) is 5.06. The second kappa shape index (κ2) is 7.70. The Hall–Kier alpha value is -2.34. The lowest BCUT2D eigenvalue weighted by atomic mass is 10.0. The van der Waals surface area contributed by atoms with Crippen molar-refractivity contribution in [1.29, 1.82) is 0 Å². The number of hydrogen-bond acceptors (Lipinski definition) is 3. The Balaban J connectivity index is 2.29. The molecule has 0 saturated heterocycles. The molecule has 0 fully saturated rings. The van der Waals surface area contributed by atoms with Crippen LogP contribution in [0.4, 0.5) is 11.4 Å². The molecule has 0 atom stereocenters. The number of benzene rings is 2. The summed E-state index contributed by atoms with van der Waals surface area (Å²) in [6.45, 7) is 5.64. The minimum Gasteiger partial charge on any atom is -0.325 e. The Kier molecular flexibility index (Phi) is 5.85. The Labute approximate surface area is 149 Å². The van der Waals surface area contributed by atoms with Gasteiger partial charge in [0.05, 0.1) is 11.9 Å². The van der Waals surface area contributed by atoms with Crippen LogP contribution >= 0.6 is 0 Å². The van der Waals surface area contributed by atoms with Gasteiger partial charge in [0.1, 0.15) is 6.54 Å². The molecule has 1 N–H and O–H groups in total. The van der Waals surface area contributed by atoms with Crippen LogP contribution in [0.25, 0.3) is 0 Å². The van der Waals surface area contributed by atoms with Crippen LogP contribution in [-0.2, 0) is 14.8 Å². The average Bonchev–Trinajstić information content (AvgIpc) is 2.51. The third-order valence-electron chi connectivity index (χ3n) is 3.82. The molecule has 2 aromatic rings. The van der Waals surface area contributed by atoms with Crippen molar-refractivity contribution >= 4 is 27.3 Å². The van der Waals surface area contributed by atoms with Crippen LogP contribution in [0.15, 0.2) is 48.5 Å². The van der Waals surface area contributed by atoms with E-state index in [1.54, 1.807) is 18.2 Å². The van der Waals surface area contributed by atoms with E-state index in [0.717, 1.165) is 21.7 Å². The number of nitrogens with one attached hydrogen (secondary N) is 1. The van der Waals surface area contributed by atoms with Gasteiger partial charge < -0.3 is 5.32 Å². The minimum atomic E-state index is -3.60. The van der Waals surface area contributed by atoms with Gasteiger partial charge in [0.15, 0.2) is 0 Å². The highest BCUT2D eigenvalue weighted by atomic mass is 32.2. The maximum atomic E-state index is 12.4. The maximum Gasteiger partial charge on any atom is 0.245 e. The molecule has 134 valence electrons. The van der Waals surface area contributed by atoms with E-state index in [-0.39, 0.29) is 18.4 Å². The lowest BCUT2D eigenvalue weighted by Gasteiger charge is -2.25. The van der Waals surface area contributed by atoms with E-state index in [1.807, 2.05) is 51.1 Å². The fourth-order valence-corrected chi connectivity index (χ4v) is 3.51. The molecule has 6 heteroatoms. The number of sulfonamides is 1. The molecule has 0 spiro atoms. The zero-order valence-electron chi connectivity index (χ0n) is 15.0. The first kappa shape index (κ1) is 19.0. The molecule has 0 aliphatic rings. The van der Waals surface area contributed by atoms with Crippen molar-refractivity contribution in [3.8, 4) is 0 Å². The van der Waals surface area contributed by atoms with E-state index >= 15 is 0 Å². The van der Waals surface area contributed by atoms with Gasteiger partial charge in [-0.2, -0.15) is 0 Å². The lowest BCUT2D eigenvalue weighted by molar-refractivity contribution is -0.114. The van der Waals surface area contributed by atoms with Gasteiger partial charge >= 0.3 is 0 Å². The second-order valence-corrected chi connectivity index (χ2v) is 8.31. The monoisotopic (exact) mass is 360 g/mol. The molecular formula is C19H24N2O3S. The van der Waals surface area contributed by atoms with Crippen LogP contribution in [0.3, 0.4) is 0 Å². The van der Waals surface area contributed by atoms with E-state index in [2.05, 4.69) is 5.32 Å². The maximum absolute atomic E-state index is 12.4. The van der Waals surface area contributed by atoms with Gasteiger partial charge in [-0.3, -0.25) is 9.10 Å². The minimum absolute atomic E-state index is 0.139. The zero-order chi connectivity index (χ0) is 18.6. The molecule has 5 nitrogen and oxygen atoms in total. The predicted octanol–water partition coefficient (Wildman–Crippen LogP) is 3.52. The summed E-state index contributed by atoms with van der Waals surface area (Å²) in [5.74, 6) is -0.241. The molecule has 0 aliphatic carbocycles. The van der Waals surface area contributed by atoms with Crippen LogP contribution in [0.5, 0.6) is 0 Å². The number of anilines is 2. The van der Waals surface area contributed by atoms with Gasteiger partial charge in [0.2, 0.25) is 15.9 Å². The van der Waals surface area contributed by atoms with Crippen molar-refractivity contribution in [3.05, 3.63) is 59.7 Å². The van der Waals surface area contributed by atoms with Gasteiger partial charge in [-0.25, -0.2) is 8.42 Å². The van der Waals surface area contributed by atoms with Gasteiger partial charge in [-0.05, 0) is 42.2 Å². The predicted molar refractivity (Wildman–Crippen MR) is 103 cm³/mol. The van der Waals surface area contributed by atoms with Crippen LogP contribution in [0.1, 0.15) is 30.9 Å². The SMILES string of the molecule is Cc1cccc(NC(=O)CN(c2ccccc2C(C)C)S(C)(=O)=O)c1. The van der Waals surface area contributed by atoms with E-state index in [9.17, 15) is 13.2 Å². The van der Waals surface area contributed by atoms with Crippen molar-refractivity contribution in [2.75, 3.05) is 22.4 Å². The molecule has 0 bridgehead atoms. The summed E-state index contributed by atoms with van der Waals surface area (Å²) in [7, 11) is -3.60.